The maximum atomic E-state index is 10.6. The lowest BCUT2D eigenvalue weighted by Gasteiger charge is -2.70. The highest BCUT2D eigenvalue weighted by Gasteiger charge is 2.66. The molecule has 0 aliphatic heterocycles. The minimum Gasteiger partial charge on any atom is -0.396 e. The standard InChI is InChI=1S/C30H52O3/c1-25(2)12-14-30(20-33)15-13-28(6)21(22(30)18-25)8-9-24-27(5,16-17-31)23(26(3,4)19-32)10-11-29(24,28)7/h8,22-24,31-33H,9-20H2,1-7H3/t22?,23-,24?,27-,28+,29+,30+/m0/s1. The van der Waals surface area contributed by atoms with Crippen molar-refractivity contribution in [1.82, 2.24) is 0 Å². The second-order valence-electron chi connectivity index (χ2n) is 14.9. The van der Waals surface area contributed by atoms with Gasteiger partial charge in [0.1, 0.15) is 0 Å². The third-order valence-electron chi connectivity index (χ3n) is 12.4. The molecule has 3 nitrogen and oxygen atoms in total. The Kier molecular flexibility index (Phi) is 6.28. The summed E-state index contributed by atoms with van der Waals surface area (Å²) in [5, 5.41) is 31.1. The quantitative estimate of drug-likeness (QED) is 0.418. The maximum absolute atomic E-state index is 10.6. The molecule has 0 saturated heterocycles. The molecule has 0 aromatic heterocycles. The van der Waals surface area contributed by atoms with Crippen LogP contribution >= 0.6 is 0 Å². The average molecular weight is 461 g/mol. The molecule has 3 fully saturated rings. The lowest BCUT2D eigenvalue weighted by atomic mass is 9.34. The molecule has 0 aromatic carbocycles. The van der Waals surface area contributed by atoms with E-state index in [0.717, 1.165) is 32.1 Å². The summed E-state index contributed by atoms with van der Waals surface area (Å²) in [4.78, 5) is 0. The maximum Gasteiger partial charge on any atom is 0.0493 e. The van der Waals surface area contributed by atoms with Gasteiger partial charge in [-0.05, 0) is 103 Å². The molecule has 0 aromatic rings. The fourth-order valence-electron chi connectivity index (χ4n) is 9.99. The van der Waals surface area contributed by atoms with Crippen LogP contribution in [-0.4, -0.2) is 35.1 Å². The van der Waals surface area contributed by atoms with E-state index < -0.39 is 0 Å². The molecule has 0 heterocycles. The molecule has 4 aliphatic carbocycles. The Morgan fingerprint density at radius 2 is 1.61 bits per heavy atom. The highest BCUT2D eigenvalue weighted by Crippen LogP contribution is 2.74. The van der Waals surface area contributed by atoms with Gasteiger partial charge in [0, 0.05) is 25.2 Å². The van der Waals surface area contributed by atoms with Crippen molar-refractivity contribution in [2.45, 2.75) is 106 Å². The van der Waals surface area contributed by atoms with Crippen LogP contribution in [0.2, 0.25) is 0 Å². The van der Waals surface area contributed by atoms with Crippen LogP contribution in [0.1, 0.15) is 106 Å². The SMILES string of the molecule is CC1(C)CC[C@]2(CO)CC[C@]3(C)C(=CCC4[C@@](C)(CCO)[C@H](C(C)(C)CO)CC[C@]43C)C2C1. The van der Waals surface area contributed by atoms with E-state index in [2.05, 4.69) is 54.5 Å². The summed E-state index contributed by atoms with van der Waals surface area (Å²) >= 11 is 0. The fraction of sp³-hybridized carbons (Fsp3) is 0.933. The van der Waals surface area contributed by atoms with Crippen LogP contribution in [0.3, 0.4) is 0 Å². The van der Waals surface area contributed by atoms with E-state index >= 15 is 0 Å². The van der Waals surface area contributed by atoms with E-state index in [4.69, 9.17) is 0 Å². The highest BCUT2D eigenvalue weighted by atomic mass is 16.3. The van der Waals surface area contributed by atoms with Crippen molar-refractivity contribution < 1.29 is 15.3 Å². The first-order valence-corrected chi connectivity index (χ1v) is 13.8. The largest absolute Gasteiger partial charge is 0.396 e. The van der Waals surface area contributed by atoms with Gasteiger partial charge in [-0.3, -0.25) is 0 Å². The number of allylic oxidation sites excluding steroid dienone is 2. The molecule has 2 unspecified atom stereocenters. The molecule has 4 rings (SSSR count). The van der Waals surface area contributed by atoms with Gasteiger partial charge >= 0.3 is 0 Å². The Labute approximate surface area is 203 Å². The van der Waals surface area contributed by atoms with Crippen LogP contribution in [0.4, 0.5) is 0 Å². The first kappa shape index (κ1) is 25.7. The molecule has 0 spiro atoms. The zero-order chi connectivity index (χ0) is 24.5. The zero-order valence-corrected chi connectivity index (χ0v) is 22.6. The first-order chi connectivity index (χ1) is 15.3. The van der Waals surface area contributed by atoms with Crippen LogP contribution in [0, 0.1) is 50.2 Å². The summed E-state index contributed by atoms with van der Waals surface area (Å²) in [6.45, 7) is 17.6. The smallest absolute Gasteiger partial charge is 0.0493 e. The number of fused-ring (bicyclic) bond motifs is 5. The summed E-state index contributed by atoms with van der Waals surface area (Å²) in [6, 6.07) is 0. The van der Waals surface area contributed by atoms with Gasteiger partial charge in [-0.1, -0.05) is 60.1 Å². The number of rotatable bonds is 5. The van der Waals surface area contributed by atoms with Crippen LogP contribution in [0.15, 0.2) is 11.6 Å². The molecule has 3 saturated carbocycles. The lowest BCUT2D eigenvalue weighted by Crippen LogP contribution is -2.63. The molecule has 190 valence electrons. The van der Waals surface area contributed by atoms with Crippen molar-refractivity contribution in [3.05, 3.63) is 11.6 Å². The highest BCUT2D eigenvalue weighted by molar-refractivity contribution is 5.33. The van der Waals surface area contributed by atoms with Gasteiger partial charge in [0.25, 0.3) is 0 Å². The van der Waals surface area contributed by atoms with Crippen LogP contribution in [0.25, 0.3) is 0 Å². The van der Waals surface area contributed by atoms with E-state index in [1.165, 1.54) is 25.7 Å². The Balaban J connectivity index is 1.80. The second kappa shape index (κ2) is 8.07. The summed E-state index contributed by atoms with van der Waals surface area (Å²) in [7, 11) is 0. The Hall–Kier alpha value is -0.380. The van der Waals surface area contributed by atoms with E-state index in [0.29, 0.717) is 29.8 Å². The Morgan fingerprint density at radius 1 is 0.939 bits per heavy atom. The third-order valence-corrected chi connectivity index (χ3v) is 12.4. The topological polar surface area (TPSA) is 60.7 Å². The van der Waals surface area contributed by atoms with Crippen molar-refractivity contribution >= 4 is 0 Å². The number of aliphatic hydroxyl groups excluding tert-OH is 3. The molecule has 0 bridgehead atoms. The zero-order valence-electron chi connectivity index (χ0n) is 22.6. The van der Waals surface area contributed by atoms with Gasteiger partial charge in [0.2, 0.25) is 0 Å². The molecule has 0 amide bonds. The molecule has 3 N–H and O–H groups in total. The van der Waals surface area contributed by atoms with Gasteiger partial charge in [0.15, 0.2) is 0 Å². The van der Waals surface area contributed by atoms with Crippen molar-refractivity contribution in [3.63, 3.8) is 0 Å². The molecule has 4 aliphatic rings. The summed E-state index contributed by atoms with van der Waals surface area (Å²) in [5.74, 6) is 1.42. The lowest BCUT2D eigenvalue weighted by molar-refractivity contribution is -0.177. The predicted molar refractivity (Wildman–Crippen MR) is 136 cm³/mol. The molecule has 33 heavy (non-hydrogen) atoms. The van der Waals surface area contributed by atoms with Crippen molar-refractivity contribution in [2.75, 3.05) is 19.8 Å². The fourth-order valence-corrected chi connectivity index (χ4v) is 9.99. The summed E-state index contributed by atoms with van der Waals surface area (Å²) in [6.07, 6.45) is 12.7. The monoisotopic (exact) mass is 460 g/mol. The number of hydrogen-bond acceptors (Lipinski definition) is 3. The van der Waals surface area contributed by atoms with E-state index in [-0.39, 0.29) is 40.3 Å². The first-order valence-electron chi connectivity index (χ1n) is 13.8. The van der Waals surface area contributed by atoms with Crippen molar-refractivity contribution in [2.24, 2.45) is 50.2 Å². The minimum absolute atomic E-state index is 0.0103. The Bertz CT molecular complexity index is 783. The van der Waals surface area contributed by atoms with Crippen LogP contribution in [-0.2, 0) is 0 Å². The third kappa shape index (κ3) is 3.53. The summed E-state index contributed by atoms with van der Waals surface area (Å²) < 4.78 is 0. The van der Waals surface area contributed by atoms with E-state index in [9.17, 15) is 15.3 Å². The van der Waals surface area contributed by atoms with Crippen molar-refractivity contribution in [1.29, 1.82) is 0 Å². The minimum atomic E-state index is -0.137. The average Bonchev–Trinajstić information content (AvgIpc) is 2.74. The summed E-state index contributed by atoms with van der Waals surface area (Å²) in [5.41, 5.74) is 2.30. The Morgan fingerprint density at radius 3 is 2.21 bits per heavy atom. The van der Waals surface area contributed by atoms with Gasteiger partial charge in [-0.25, -0.2) is 0 Å². The normalized spacial score (nSPS) is 47.2. The van der Waals surface area contributed by atoms with Crippen LogP contribution < -0.4 is 0 Å². The number of aliphatic hydroxyl groups is 3. The molecule has 0 radical (unpaired) electrons. The van der Waals surface area contributed by atoms with Crippen molar-refractivity contribution in [3.8, 4) is 0 Å². The van der Waals surface area contributed by atoms with Gasteiger partial charge in [-0.2, -0.15) is 0 Å². The molecule has 3 heteroatoms. The second-order valence-corrected chi connectivity index (χ2v) is 14.9. The van der Waals surface area contributed by atoms with Gasteiger partial charge < -0.3 is 15.3 Å². The molecule has 7 atom stereocenters. The molecular formula is C30H52O3. The van der Waals surface area contributed by atoms with Gasteiger partial charge in [0.05, 0.1) is 0 Å². The van der Waals surface area contributed by atoms with Crippen LogP contribution in [0.5, 0.6) is 0 Å². The predicted octanol–water partition coefficient (Wildman–Crippen LogP) is 6.36. The number of hydrogen-bond donors (Lipinski definition) is 3. The molecular weight excluding hydrogens is 408 g/mol. The van der Waals surface area contributed by atoms with Gasteiger partial charge in [-0.15, -0.1) is 0 Å². The van der Waals surface area contributed by atoms with E-state index in [1.807, 2.05) is 0 Å². The van der Waals surface area contributed by atoms with E-state index in [1.54, 1.807) is 5.57 Å².